The predicted molar refractivity (Wildman–Crippen MR) is 65.5 cm³/mol. The third kappa shape index (κ3) is 2.50. The Hall–Kier alpha value is -1.91. The number of carboxylic acids is 1. The van der Waals surface area contributed by atoms with E-state index in [4.69, 9.17) is 5.11 Å². The lowest BCUT2D eigenvalue weighted by atomic mass is 10.1. The monoisotopic (exact) mass is 248 g/mol. The second-order valence-electron chi connectivity index (χ2n) is 4.62. The summed E-state index contributed by atoms with van der Waals surface area (Å²) >= 11 is 0. The second-order valence-corrected chi connectivity index (χ2v) is 4.62. The molecular weight excluding hydrogens is 232 g/mol. The van der Waals surface area contributed by atoms with Gasteiger partial charge in [-0.05, 0) is 18.9 Å². The molecule has 1 aliphatic rings. The van der Waals surface area contributed by atoms with Crippen LogP contribution < -0.4 is 0 Å². The SMILES string of the molecule is CN(C(=O)c1cncc(C(=O)O)c1)C1CCCC1. The zero-order valence-electron chi connectivity index (χ0n) is 10.3. The lowest BCUT2D eigenvalue weighted by Crippen LogP contribution is -2.35. The molecule has 18 heavy (non-hydrogen) atoms. The van der Waals surface area contributed by atoms with E-state index in [1.165, 1.54) is 18.5 Å². The predicted octanol–water partition coefficient (Wildman–Crippen LogP) is 1.79. The van der Waals surface area contributed by atoms with Crippen LogP contribution in [0.4, 0.5) is 0 Å². The summed E-state index contributed by atoms with van der Waals surface area (Å²) in [5, 5.41) is 8.88. The first-order valence-electron chi connectivity index (χ1n) is 6.05. The van der Waals surface area contributed by atoms with Crippen LogP contribution in [-0.4, -0.2) is 40.0 Å². The maximum absolute atomic E-state index is 12.2. The molecule has 0 bridgehead atoms. The summed E-state index contributed by atoms with van der Waals surface area (Å²) < 4.78 is 0. The van der Waals surface area contributed by atoms with Gasteiger partial charge in [-0.2, -0.15) is 0 Å². The number of carboxylic acid groups (broad SMARTS) is 1. The van der Waals surface area contributed by atoms with E-state index in [-0.39, 0.29) is 17.5 Å². The molecule has 1 saturated carbocycles. The minimum absolute atomic E-state index is 0.0423. The fourth-order valence-corrected chi connectivity index (χ4v) is 2.33. The highest BCUT2D eigenvalue weighted by Gasteiger charge is 2.24. The Morgan fingerprint density at radius 2 is 1.89 bits per heavy atom. The Morgan fingerprint density at radius 1 is 1.28 bits per heavy atom. The van der Waals surface area contributed by atoms with E-state index in [0.717, 1.165) is 25.7 Å². The van der Waals surface area contributed by atoms with Crippen molar-refractivity contribution in [3.05, 3.63) is 29.6 Å². The quantitative estimate of drug-likeness (QED) is 0.885. The smallest absolute Gasteiger partial charge is 0.337 e. The van der Waals surface area contributed by atoms with Crippen LogP contribution in [-0.2, 0) is 0 Å². The fraction of sp³-hybridized carbons (Fsp3) is 0.462. The average Bonchev–Trinajstić information content (AvgIpc) is 2.91. The summed E-state index contributed by atoms with van der Waals surface area (Å²) in [5.41, 5.74) is 0.380. The molecule has 0 atom stereocenters. The molecule has 0 aromatic carbocycles. The molecule has 1 N–H and O–H groups in total. The number of carbonyl (C=O) groups is 2. The molecule has 2 rings (SSSR count). The molecule has 0 radical (unpaired) electrons. The second kappa shape index (κ2) is 5.16. The first-order chi connectivity index (χ1) is 8.59. The van der Waals surface area contributed by atoms with Gasteiger partial charge in [0.25, 0.3) is 5.91 Å². The minimum Gasteiger partial charge on any atom is -0.478 e. The molecule has 1 amide bonds. The van der Waals surface area contributed by atoms with E-state index < -0.39 is 5.97 Å². The maximum Gasteiger partial charge on any atom is 0.337 e. The van der Waals surface area contributed by atoms with Crippen LogP contribution in [0.15, 0.2) is 18.5 Å². The van der Waals surface area contributed by atoms with Crippen molar-refractivity contribution in [2.75, 3.05) is 7.05 Å². The van der Waals surface area contributed by atoms with Crippen LogP contribution >= 0.6 is 0 Å². The maximum atomic E-state index is 12.2. The molecule has 0 aliphatic heterocycles. The van der Waals surface area contributed by atoms with Gasteiger partial charge in [-0.25, -0.2) is 4.79 Å². The number of hydrogen-bond acceptors (Lipinski definition) is 3. The fourth-order valence-electron chi connectivity index (χ4n) is 2.33. The van der Waals surface area contributed by atoms with E-state index in [2.05, 4.69) is 4.98 Å². The number of pyridine rings is 1. The van der Waals surface area contributed by atoms with Crippen molar-refractivity contribution in [1.82, 2.24) is 9.88 Å². The van der Waals surface area contributed by atoms with E-state index >= 15 is 0 Å². The van der Waals surface area contributed by atoms with Crippen LogP contribution in [0.25, 0.3) is 0 Å². The first kappa shape index (κ1) is 12.5. The number of carbonyl (C=O) groups excluding carboxylic acids is 1. The molecule has 1 aliphatic carbocycles. The van der Waals surface area contributed by atoms with Gasteiger partial charge >= 0.3 is 5.97 Å². The first-order valence-corrected chi connectivity index (χ1v) is 6.05. The highest BCUT2D eigenvalue weighted by atomic mass is 16.4. The average molecular weight is 248 g/mol. The van der Waals surface area contributed by atoms with E-state index in [1.807, 2.05) is 0 Å². The Bertz CT molecular complexity index is 467. The summed E-state index contributed by atoms with van der Waals surface area (Å²) in [6.07, 6.45) is 7.00. The van der Waals surface area contributed by atoms with Gasteiger partial charge < -0.3 is 10.0 Å². The van der Waals surface area contributed by atoms with Gasteiger partial charge in [-0.15, -0.1) is 0 Å². The summed E-state index contributed by atoms with van der Waals surface area (Å²) in [6.45, 7) is 0. The molecule has 1 fully saturated rings. The van der Waals surface area contributed by atoms with Gasteiger partial charge in [-0.3, -0.25) is 9.78 Å². The van der Waals surface area contributed by atoms with E-state index in [0.29, 0.717) is 5.56 Å². The largest absolute Gasteiger partial charge is 0.478 e. The molecule has 0 unspecified atom stereocenters. The normalized spacial score (nSPS) is 15.6. The highest BCUT2D eigenvalue weighted by molar-refractivity contribution is 5.97. The summed E-state index contributed by atoms with van der Waals surface area (Å²) in [6, 6.07) is 1.65. The third-order valence-electron chi connectivity index (χ3n) is 3.42. The van der Waals surface area contributed by atoms with Gasteiger partial charge in [0.15, 0.2) is 0 Å². The molecule has 96 valence electrons. The molecular formula is C13H16N2O3. The summed E-state index contributed by atoms with van der Waals surface area (Å²) in [5.74, 6) is -1.22. The van der Waals surface area contributed by atoms with Gasteiger partial charge in [-0.1, -0.05) is 12.8 Å². The highest BCUT2D eigenvalue weighted by Crippen LogP contribution is 2.23. The van der Waals surface area contributed by atoms with Gasteiger partial charge in [0, 0.05) is 25.5 Å². The molecule has 1 heterocycles. The van der Waals surface area contributed by atoms with E-state index in [1.54, 1.807) is 11.9 Å². The standard InChI is InChI=1S/C13H16N2O3/c1-15(11-4-2-3-5-11)12(16)9-6-10(13(17)18)8-14-7-9/h6-8,11H,2-5H2,1H3,(H,17,18). The van der Waals surface area contributed by atoms with E-state index in [9.17, 15) is 9.59 Å². The lowest BCUT2D eigenvalue weighted by molar-refractivity contribution is 0.0696. The zero-order chi connectivity index (χ0) is 13.1. The zero-order valence-corrected chi connectivity index (χ0v) is 10.3. The Balaban J connectivity index is 2.17. The molecule has 0 spiro atoms. The Morgan fingerprint density at radius 3 is 2.50 bits per heavy atom. The Labute approximate surface area is 105 Å². The van der Waals surface area contributed by atoms with Crippen molar-refractivity contribution < 1.29 is 14.7 Å². The number of aromatic nitrogens is 1. The molecule has 5 heteroatoms. The summed E-state index contributed by atoms with van der Waals surface area (Å²) in [7, 11) is 1.77. The molecule has 1 aromatic rings. The van der Waals surface area contributed by atoms with Crippen molar-refractivity contribution in [1.29, 1.82) is 0 Å². The van der Waals surface area contributed by atoms with Crippen molar-refractivity contribution in [2.45, 2.75) is 31.7 Å². The lowest BCUT2D eigenvalue weighted by Gasteiger charge is -2.24. The third-order valence-corrected chi connectivity index (χ3v) is 3.42. The molecule has 1 aromatic heterocycles. The van der Waals surface area contributed by atoms with Crippen LogP contribution in [0.2, 0.25) is 0 Å². The van der Waals surface area contributed by atoms with Gasteiger partial charge in [0.1, 0.15) is 0 Å². The number of hydrogen-bond donors (Lipinski definition) is 1. The van der Waals surface area contributed by atoms with Crippen molar-refractivity contribution in [2.24, 2.45) is 0 Å². The number of amides is 1. The molecule has 0 saturated heterocycles. The number of aromatic carboxylic acids is 1. The van der Waals surface area contributed by atoms with Crippen LogP contribution in [0.3, 0.4) is 0 Å². The van der Waals surface area contributed by atoms with Gasteiger partial charge in [0.2, 0.25) is 0 Å². The minimum atomic E-state index is -1.07. The number of rotatable bonds is 3. The van der Waals surface area contributed by atoms with Crippen LogP contribution in [0, 0.1) is 0 Å². The van der Waals surface area contributed by atoms with Crippen molar-refractivity contribution >= 4 is 11.9 Å². The van der Waals surface area contributed by atoms with Gasteiger partial charge in [0.05, 0.1) is 11.1 Å². The van der Waals surface area contributed by atoms with Crippen molar-refractivity contribution in [3.63, 3.8) is 0 Å². The molecule has 5 nitrogen and oxygen atoms in total. The van der Waals surface area contributed by atoms with Crippen molar-refractivity contribution in [3.8, 4) is 0 Å². The topological polar surface area (TPSA) is 70.5 Å². The number of nitrogens with zero attached hydrogens (tertiary/aromatic N) is 2. The van der Waals surface area contributed by atoms with Crippen LogP contribution in [0.5, 0.6) is 0 Å². The summed E-state index contributed by atoms with van der Waals surface area (Å²) in [4.78, 5) is 28.5. The Kier molecular flexibility index (Phi) is 3.60. The van der Waals surface area contributed by atoms with Crippen LogP contribution in [0.1, 0.15) is 46.4 Å².